The third kappa shape index (κ3) is 3.03. The van der Waals surface area contributed by atoms with E-state index in [2.05, 4.69) is 0 Å². The molecule has 1 aromatic rings. The van der Waals surface area contributed by atoms with Crippen molar-refractivity contribution in [3.8, 4) is 5.75 Å². The Bertz CT molecular complexity index is 439. The van der Waals surface area contributed by atoms with Crippen LogP contribution < -0.4 is 10.5 Å². The third-order valence-electron chi connectivity index (χ3n) is 2.58. The molecule has 0 aromatic heterocycles. The van der Waals surface area contributed by atoms with Crippen LogP contribution in [0.2, 0.25) is 10.0 Å². The lowest BCUT2D eigenvalue weighted by Gasteiger charge is -2.15. The Labute approximate surface area is 109 Å². The number of carbonyl (C=O) groups is 1. The summed E-state index contributed by atoms with van der Waals surface area (Å²) in [6.45, 7) is 1.15. The lowest BCUT2D eigenvalue weighted by molar-refractivity contribution is 0.162. The predicted octanol–water partition coefficient (Wildman–Crippen LogP) is 2.53. The zero-order valence-electron chi connectivity index (χ0n) is 9.03. The molecule has 17 heavy (non-hydrogen) atoms. The Balaban J connectivity index is 2.00. The molecule has 1 aliphatic rings. The van der Waals surface area contributed by atoms with E-state index in [4.69, 9.17) is 33.7 Å². The van der Waals surface area contributed by atoms with Gasteiger partial charge < -0.3 is 15.4 Å². The Morgan fingerprint density at radius 2 is 2.18 bits per heavy atom. The van der Waals surface area contributed by atoms with E-state index >= 15 is 0 Å². The monoisotopic (exact) mass is 274 g/mol. The van der Waals surface area contributed by atoms with Gasteiger partial charge in [-0.2, -0.15) is 0 Å². The molecule has 0 unspecified atom stereocenters. The molecule has 1 aromatic carbocycles. The van der Waals surface area contributed by atoms with Gasteiger partial charge >= 0.3 is 6.09 Å². The minimum Gasteiger partial charge on any atom is -0.410 e. The summed E-state index contributed by atoms with van der Waals surface area (Å²) in [6, 6.07) is 4.73. The molecule has 1 aliphatic heterocycles. The Morgan fingerprint density at radius 1 is 1.41 bits per heavy atom. The van der Waals surface area contributed by atoms with E-state index in [9.17, 15) is 4.79 Å². The highest BCUT2D eigenvalue weighted by Crippen LogP contribution is 2.26. The van der Waals surface area contributed by atoms with Crippen LogP contribution in [0.1, 0.15) is 6.42 Å². The second-order valence-electron chi connectivity index (χ2n) is 3.94. The van der Waals surface area contributed by atoms with Gasteiger partial charge in [0.25, 0.3) is 0 Å². The van der Waals surface area contributed by atoms with Gasteiger partial charge in [-0.05, 0) is 18.6 Å². The van der Waals surface area contributed by atoms with E-state index in [1.807, 2.05) is 0 Å². The van der Waals surface area contributed by atoms with Gasteiger partial charge in [-0.15, -0.1) is 0 Å². The van der Waals surface area contributed by atoms with Gasteiger partial charge in [0.1, 0.15) is 5.75 Å². The number of nitrogens with zero attached hydrogens (tertiary/aromatic N) is 1. The maximum atomic E-state index is 11.7. The number of ether oxygens (including phenoxy) is 1. The van der Waals surface area contributed by atoms with Crippen molar-refractivity contribution >= 4 is 29.3 Å². The van der Waals surface area contributed by atoms with Crippen LogP contribution in [0.25, 0.3) is 0 Å². The highest BCUT2D eigenvalue weighted by Gasteiger charge is 2.25. The van der Waals surface area contributed by atoms with E-state index in [0.29, 0.717) is 28.9 Å². The van der Waals surface area contributed by atoms with E-state index in [1.54, 1.807) is 17.0 Å². The van der Waals surface area contributed by atoms with Crippen LogP contribution in [0.15, 0.2) is 18.2 Å². The van der Waals surface area contributed by atoms with Crippen molar-refractivity contribution in [3.63, 3.8) is 0 Å². The summed E-state index contributed by atoms with van der Waals surface area (Å²) in [5, 5.41) is 0.782. The van der Waals surface area contributed by atoms with Crippen LogP contribution in [-0.2, 0) is 0 Å². The molecule has 6 heteroatoms. The first kappa shape index (κ1) is 12.5. The summed E-state index contributed by atoms with van der Waals surface area (Å²) in [7, 11) is 0. The quantitative estimate of drug-likeness (QED) is 0.856. The average molecular weight is 275 g/mol. The van der Waals surface area contributed by atoms with E-state index in [1.165, 1.54) is 6.07 Å². The number of hydrogen-bond acceptors (Lipinski definition) is 3. The zero-order chi connectivity index (χ0) is 12.4. The van der Waals surface area contributed by atoms with Gasteiger partial charge in [0.05, 0.1) is 10.0 Å². The number of halogens is 2. The summed E-state index contributed by atoms with van der Waals surface area (Å²) in [6.07, 6.45) is 0.396. The first-order chi connectivity index (χ1) is 8.06. The molecule has 4 nitrogen and oxygen atoms in total. The summed E-state index contributed by atoms with van der Waals surface area (Å²) in [4.78, 5) is 13.3. The number of rotatable bonds is 1. The Hall–Kier alpha value is -0.970. The summed E-state index contributed by atoms with van der Waals surface area (Å²) < 4.78 is 5.17. The van der Waals surface area contributed by atoms with Crippen molar-refractivity contribution in [1.29, 1.82) is 0 Å². The van der Waals surface area contributed by atoms with Crippen molar-refractivity contribution in [3.05, 3.63) is 28.2 Å². The molecule has 2 N–H and O–H groups in total. The smallest absolute Gasteiger partial charge is 0.410 e. The highest BCUT2D eigenvalue weighted by atomic mass is 35.5. The average Bonchev–Trinajstić information content (AvgIpc) is 2.70. The molecule has 92 valence electrons. The number of carbonyl (C=O) groups excluding carboxylic acids is 1. The molecule has 0 radical (unpaired) electrons. The van der Waals surface area contributed by atoms with Crippen LogP contribution in [-0.4, -0.2) is 30.1 Å². The maximum Gasteiger partial charge on any atom is 0.415 e. The fraction of sp³-hybridized carbons (Fsp3) is 0.364. The molecule has 0 aliphatic carbocycles. The van der Waals surface area contributed by atoms with Crippen molar-refractivity contribution in [1.82, 2.24) is 4.90 Å². The van der Waals surface area contributed by atoms with E-state index in [-0.39, 0.29) is 6.04 Å². The van der Waals surface area contributed by atoms with Gasteiger partial charge in [0.15, 0.2) is 0 Å². The second kappa shape index (κ2) is 5.12. The fourth-order valence-electron chi connectivity index (χ4n) is 1.66. The van der Waals surface area contributed by atoms with E-state index in [0.717, 1.165) is 6.42 Å². The van der Waals surface area contributed by atoms with Gasteiger partial charge in [-0.25, -0.2) is 4.79 Å². The largest absolute Gasteiger partial charge is 0.415 e. The van der Waals surface area contributed by atoms with Gasteiger partial charge in [0.2, 0.25) is 0 Å². The summed E-state index contributed by atoms with van der Waals surface area (Å²) in [5.41, 5.74) is 5.71. The molecular formula is C11H12Cl2N2O2. The van der Waals surface area contributed by atoms with Crippen LogP contribution >= 0.6 is 23.2 Å². The van der Waals surface area contributed by atoms with Gasteiger partial charge in [-0.3, -0.25) is 0 Å². The molecule has 0 bridgehead atoms. The number of benzene rings is 1. The Kier molecular flexibility index (Phi) is 3.76. The van der Waals surface area contributed by atoms with Gasteiger partial charge in [0, 0.05) is 25.2 Å². The molecule has 2 rings (SSSR count). The van der Waals surface area contributed by atoms with E-state index < -0.39 is 6.09 Å². The zero-order valence-corrected chi connectivity index (χ0v) is 10.5. The summed E-state index contributed by atoms with van der Waals surface area (Å²) in [5.74, 6) is 0.380. The number of likely N-dealkylation sites (tertiary alicyclic amines) is 1. The molecule has 1 saturated heterocycles. The predicted molar refractivity (Wildman–Crippen MR) is 66.7 cm³/mol. The summed E-state index contributed by atoms with van der Waals surface area (Å²) >= 11 is 11.6. The fourth-order valence-corrected chi connectivity index (χ4v) is 1.95. The standard InChI is InChI=1S/C11H12Cl2N2O2/c12-9-2-1-8(5-10(9)13)17-11(16)15-4-3-7(14)6-15/h1-2,5,7H,3-4,6,14H2/t7-/m1/s1. The number of nitrogens with two attached hydrogens (primary N) is 1. The van der Waals surface area contributed by atoms with Crippen molar-refractivity contribution in [2.75, 3.05) is 13.1 Å². The van der Waals surface area contributed by atoms with Crippen LogP contribution in [0.4, 0.5) is 4.79 Å². The third-order valence-corrected chi connectivity index (χ3v) is 3.32. The van der Waals surface area contributed by atoms with Gasteiger partial charge in [-0.1, -0.05) is 23.2 Å². The SMILES string of the molecule is N[C@@H]1CCN(C(=O)Oc2ccc(Cl)c(Cl)c2)C1. The minimum absolute atomic E-state index is 0.0383. The van der Waals surface area contributed by atoms with Crippen molar-refractivity contribution in [2.24, 2.45) is 5.73 Å². The van der Waals surface area contributed by atoms with Crippen LogP contribution in [0.5, 0.6) is 5.75 Å². The second-order valence-corrected chi connectivity index (χ2v) is 4.75. The first-order valence-corrected chi connectivity index (χ1v) is 5.99. The number of amides is 1. The van der Waals surface area contributed by atoms with Crippen LogP contribution in [0, 0.1) is 0 Å². The first-order valence-electron chi connectivity index (χ1n) is 5.23. The molecule has 0 saturated carbocycles. The molecule has 1 heterocycles. The normalized spacial score (nSPS) is 19.5. The molecule has 1 atom stereocenters. The lowest BCUT2D eigenvalue weighted by atomic mass is 10.3. The Morgan fingerprint density at radius 3 is 2.76 bits per heavy atom. The number of hydrogen-bond donors (Lipinski definition) is 1. The van der Waals surface area contributed by atoms with Crippen LogP contribution in [0.3, 0.4) is 0 Å². The topological polar surface area (TPSA) is 55.6 Å². The minimum atomic E-state index is -0.406. The van der Waals surface area contributed by atoms with Crippen molar-refractivity contribution < 1.29 is 9.53 Å². The molecule has 1 amide bonds. The molecule has 1 fully saturated rings. The highest BCUT2D eigenvalue weighted by molar-refractivity contribution is 6.42. The maximum absolute atomic E-state index is 11.7. The van der Waals surface area contributed by atoms with Crippen molar-refractivity contribution in [2.45, 2.75) is 12.5 Å². The lowest BCUT2D eigenvalue weighted by Crippen LogP contribution is -2.33. The molecule has 0 spiro atoms. The molecular weight excluding hydrogens is 263 g/mol.